The molecule has 0 saturated heterocycles. The van der Waals surface area contributed by atoms with E-state index in [0.717, 1.165) is 40.2 Å². The highest BCUT2D eigenvalue weighted by atomic mass is 19.4. The molecule has 9 nitrogen and oxygen atoms in total. The molecule has 0 saturated carbocycles. The highest BCUT2D eigenvalue weighted by Gasteiger charge is 2.36. The van der Waals surface area contributed by atoms with Crippen LogP contribution in [0.15, 0.2) is 65.8 Å². The van der Waals surface area contributed by atoms with Crippen LogP contribution in [0.3, 0.4) is 0 Å². The van der Waals surface area contributed by atoms with Crippen molar-refractivity contribution < 1.29 is 13.2 Å². The number of aromatic amines is 1. The van der Waals surface area contributed by atoms with Gasteiger partial charge in [-0.25, -0.2) is 9.89 Å². The van der Waals surface area contributed by atoms with Crippen molar-refractivity contribution in [2.24, 2.45) is 7.05 Å². The predicted molar refractivity (Wildman–Crippen MR) is 135 cm³/mol. The van der Waals surface area contributed by atoms with Gasteiger partial charge in [0.15, 0.2) is 5.82 Å². The number of imidazole rings is 1. The second-order valence-electron chi connectivity index (χ2n) is 8.96. The van der Waals surface area contributed by atoms with Crippen LogP contribution in [0.5, 0.6) is 0 Å². The molecule has 4 aromatic heterocycles. The van der Waals surface area contributed by atoms with Crippen LogP contribution in [0.4, 0.5) is 13.2 Å². The molecule has 12 heteroatoms. The number of halogens is 3. The molecule has 0 spiro atoms. The maximum atomic E-state index is 13.7. The molecule has 0 unspecified atom stereocenters. The number of H-pyrrole nitrogens is 1. The van der Waals surface area contributed by atoms with E-state index in [1.807, 2.05) is 43.3 Å². The van der Waals surface area contributed by atoms with Gasteiger partial charge in [-0.3, -0.25) is 14.1 Å². The zero-order chi connectivity index (χ0) is 26.9. The average molecular weight is 523 g/mol. The van der Waals surface area contributed by atoms with E-state index in [0.29, 0.717) is 23.6 Å². The van der Waals surface area contributed by atoms with E-state index in [-0.39, 0.29) is 12.4 Å². The van der Waals surface area contributed by atoms with Crippen LogP contribution in [-0.4, -0.2) is 39.3 Å². The standard InChI is InChI=1S/C26H25F3N8O/c1-3-4-7-19-16-37(24-22(26(27,28)29)12-13-35(24)2)25(38)36(19)15-18-11-10-17(14-30-18)20-8-5-6-9-21(20)23-31-33-34-32-23/h5-6,8-14,16H,3-4,7,15H2,1-2H3,(H,31,32,33,34). The van der Waals surface area contributed by atoms with Crippen molar-refractivity contribution in [3.8, 4) is 28.3 Å². The van der Waals surface area contributed by atoms with Gasteiger partial charge in [0, 0.05) is 42.5 Å². The second-order valence-corrected chi connectivity index (χ2v) is 8.96. The highest BCUT2D eigenvalue weighted by molar-refractivity contribution is 5.79. The van der Waals surface area contributed by atoms with Crippen LogP contribution >= 0.6 is 0 Å². The van der Waals surface area contributed by atoms with E-state index in [9.17, 15) is 18.0 Å². The van der Waals surface area contributed by atoms with E-state index < -0.39 is 17.4 Å². The number of unbranched alkanes of at least 4 members (excludes halogenated alkanes) is 1. The average Bonchev–Trinajstić information content (AvgIpc) is 3.64. The number of alkyl halides is 3. The number of tetrazole rings is 1. The fraction of sp³-hybridized carbons (Fsp3) is 0.269. The van der Waals surface area contributed by atoms with Crippen molar-refractivity contribution in [3.63, 3.8) is 0 Å². The first-order chi connectivity index (χ1) is 18.3. The maximum Gasteiger partial charge on any atom is 0.419 e. The minimum atomic E-state index is -4.59. The fourth-order valence-corrected chi connectivity index (χ4v) is 4.50. The van der Waals surface area contributed by atoms with Crippen molar-refractivity contribution in [1.29, 1.82) is 0 Å². The van der Waals surface area contributed by atoms with Gasteiger partial charge in [-0.05, 0) is 41.0 Å². The molecule has 0 bridgehead atoms. The molecule has 0 atom stereocenters. The molecule has 38 heavy (non-hydrogen) atoms. The normalized spacial score (nSPS) is 11.8. The van der Waals surface area contributed by atoms with Gasteiger partial charge in [-0.15, -0.1) is 5.10 Å². The Morgan fingerprint density at radius 3 is 2.50 bits per heavy atom. The third kappa shape index (κ3) is 4.76. The Bertz CT molecular complexity index is 1590. The van der Waals surface area contributed by atoms with E-state index in [1.165, 1.54) is 28.6 Å². The summed E-state index contributed by atoms with van der Waals surface area (Å²) in [5.41, 5.74) is 2.37. The molecular weight excluding hydrogens is 497 g/mol. The molecule has 0 aliphatic heterocycles. The number of pyridine rings is 1. The van der Waals surface area contributed by atoms with Gasteiger partial charge < -0.3 is 4.57 Å². The van der Waals surface area contributed by atoms with E-state index in [4.69, 9.17) is 0 Å². The minimum absolute atomic E-state index is 0.130. The third-order valence-corrected chi connectivity index (χ3v) is 6.41. The maximum absolute atomic E-state index is 13.7. The van der Waals surface area contributed by atoms with Gasteiger partial charge in [-0.1, -0.05) is 43.7 Å². The van der Waals surface area contributed by atoms with Crippen molar-refractivity contribution in [1.82, 2.24) is 39.3 Å². The fourth-order valence-electron chi connectivity index (χ4n) is 4.50. The Labute approximate surface area is 215 Å². The quantitative estimate of drug-likeness (QED) is 0.320. The van der Waals surface area contributed by atoms with Crippen molar-refractivity contribution in [2.45, 2.75) is 38.9 Å². The molecule has 0 aliphatic carbocycles. The predicted octanol–water partition coefficient (Wildman–Crippen LogP) is 4.63. The number of nitrogens with zero attached hydrogens (tertiary/aromatic N) is 7. The van der Waals surface area contributed by atoms with Crippen LogP contribution in [0.25, 0.3) is 28.3 Å². The third-order valence-electron chi connectivity index (χ3n) is 6.41. The van der Waals surface area contributed by atoms with Crippen LogP contribution in [0.2, 0.25) is 0 Å². The molecule has 196 valence electrons. The number of nitrogens with one attached hydrogen (secondary N) is 1. The Hall–Kier alpha value is -4.48. The van der Waals surface area contributed by atoms with Crippen LogP contribution in [-0.2, 0) is 26.2 Å². The summed E-state index contributed by atoms with van der Waals surface area (Å²) in [5.74, 6) is 0.317. The summed E-state index contributed by atoms with van der Waals surface area (Å²) in [5, 5.41) is 14.0. The molecule has 1 N–H and O–H groups in total. The summed E-state index contributed by atoms with van der Waals surface area (Å²) >= 11 is 0. The Morgan fingerprint density at radius 1 is 1.05 bits per heavy atom. The Kier molecular flexibility index (Phi) is 6.70. The SMILES string of the molecule is CCCCc1cn(-c2c(C(F)(F)F)ccn2C)c(=O)n1Cc1ccc(-c2ccccc2-c2nnn[nH]2)cn1. The molecule has 4 heterocycles. The number of aryl methyl sites for hydroxylation is 2. The Balaban J connectivity index is 1.50. The molecule has 0 radical (unpaired) electrons. The highest BCUT2D eigenvalue weighted by Crippen LogP contribution is 2.34. The number of hydrogen-bond donors (Lipinski definition) is 1. The monoisotopic (exact) mass is 522 g/mol. The summed E-state index contributed by atoms with van der Waals surface area (Å²) in [7, 11) is 1.49. The van der Waals surface area contributed by atoms with Crippen LogP contribution in [0, 0.1) is 0 Å². The lowest BCUT2D eigenvalue weighted by atomic mass is 10.0. The first-order valence-electron chi connectivity index (χ1n) is 12.1. The van der Waals surface area contributed by atoms with Gasteiger partial charge in [0.1, 0.15) is 5.82 Å². The smallest absolute Gasteiger partial charge is 0.337 e. The largest absolute Gasteiger partial charge is 0.419 e. The Morgan fingerprint density at radius 2 is 1.84 bits per heavy atom. The van der Waals surface area contributed by atoms with Gasteiger partial charge in [0.05, 0.1) is 17.8 Å². The van der Waals surface area contributed by atoms with Crippen LogP contribution < -0.4 is 5.69 Å². The zero-order valence-corrected chi connectivity index (χ0v) is 20.8. The number of rotatable bonds is 8. The molecule has 5 rings (SSSR count). The minimum Gasteiger partial charge on any atom is -0.337 e. The van der Waals surface area contributed by atoms with Crippen molar-refractivity contribution in [2.75, 3.05) is 0 Å². The lowest BCUT2D eigenvalue weighted by Gasteiger charge is -2.11. The van der Waals surface area contributed by atoms with E-state index >= 15 is 0 Å². The molecule has 0 amide bonds. The van der Waals surface area contributed by atoms with Gasteiger partial charge in [0.25, 0.3) is 0 Å². The molecular formula is C26H25F3N8O. The second kappa shape index (κ2) is 10.1. The van der Waals surface area contributed by atoms with Crippen molar-refractivity contribution in [3.05, 3.63) is 88.5 Å². The molecule has 5 aromatic rings. The molecule has 1 aromatic carbocycles. The number of aromatic nitrogens is 8. The molecule has 0 fully saturated rings. The van der Waals surface area contributed by atoms with E-state index in [2.05, 4.69) is 25.6 Å². The summed E-state index contributed by atoms with van der Waals surface area (Å²) in [6.07, 6.45) is 2.16. The summed E-state index contributed by atoms with van der Waals surface area (Å²) < 4.78 is 44.9. The summed E-state index contributed by atoms with van der Waals surface area (Å²) in [6, 6.07) is 12.3. The first kappa shape index (κ1) is 25.2. The van der Waals surface area contributed by atoms with E-state index in [1.54, 1.807) is 6.20 Å². The number of benzene rings is 1. The van der Waals surface area contributed by atoms with Gasteiger partial charge in [-0.2, -0.15) is 13.2 Å². The summed E-state index contributed by atoms with van der Waals surface area (Å²) in [4.78, 5) is 18.0. The lowest BCUT2D eigenvalue weighted by Crippen LogP contribution is -2.27. The number of hydrogen-bond acceptors (Lipinski definition) is 5. The lowest BCUT2D eigenvalue weighted by molar-refractivity contribution is -0.137. The van der Waals surface area contributed by atoms with Crippen molar-refractivity contribution >= 4 is 0 Å². The first-order valence-corrected chi connectivity index (χ1v) is 12.1. The summed E-state index contributed by atoms with van der Waals surface area (Å²) in [6.45, 7) is 2.15. The van der Waals surface area contributed by atoms with Gasteiger partial charge >= 0.3 is 11.9 Å². The van der Waals surface area contributed by atoms with Crippen LogP contribution in [0.1, 0.15) is 36.7 Å². The zero-order valence-electron chi connectivity index (χ0n) is 20.8. The topological polar surface area (TPSA) is 99.2 Å². The molecule has 0 aliphatic rings. The van der Waals surface area contributed by atoms with Gasteiger partial charge in [0.2, 0.25) is 0 Å².